The zero-order valence-electron chi connectivity index (χ0n) is 10.7. The van der Waals surface area contributed by atoms with Gasteiger partial charge >= 0.3 is 0 Å². The Labute approximate surface area is 111 Å². The summed E-state index contributed by atoms with van der Waals surface area (Å²) < 4.78 is 0. The van der Waals surface area contributed by atoms with Crippen molar-refractivity contribution in [1.29, 1.82) is 0 Å². The first kappa shape index (κ1) is 13.2. The van der Waals surface area contributed by atoms with Crippen LogP contribution in [0.5, 0.6) is 0 Å². The molecule has 0 aliphatic heterocycles. The lowest BCUT2D eigenvalue weighted by molar-refractivity contribution is -0.384. The Morgan fingerprint density at radius 1 is 1.21 bits per heavy atom. The number of non-ortho nitro benzene ring substituents is 1. The number of rotatable bonds is 5. The third kappa shape index (κ3) is 3.86. The summed E-state index contributed by atoms with van der Waals surface area (Å²) in [4.78, 5) is 14.7. The van der Waals surface area contributed by atoms with Gasteiger partial charge in [-0.05, 0) is 24.6 Å². The lowest BCUT2D eigenvalue weighted by Crippen LogP contribution is -2.13. The average molecular weight is 257 g/mol. The van der Waals surface area contributed by atoms with E-state index in [1.54, 1.807) is 12.1 Å². The number of nitrogens with one attached hydrogen (secondary N) is 1. The van der Waals surface area contributed by atoms with Crippen LogP contribution in [0.4, 0.5) is 5.69 Å². The first-order chi connectivity index (χ1) is 9.15. The Morgan fingerprint density at radius 3 is 2.74 bits per heavy atom. The first-order valence-corrected chi connectivity index (χ1v) is 6.02. The van der Waals surface area contributed by atoms with Crippen molar-refractivity contribution in [3.8, 4) is 0 Å². The number of nitro groups is 1. The number of nitro benzene ring substituents is 1. The van der Waals surface area contributed by atoms with Crippen LogP contribution in [0.25, 0.3) is 0 Å². The number of hydrogen-bond acceptors (Lipinski definition) is 4. The third-order valence-electron chi connectivity index (χ3n) is 2.70. The summed E-state index contributed by atoms with van der Waals surface area (Å²) in [6, 6.07) is 12.5. The van der Waals surface area contributed by atoms with Gasteiger partial charge in [-0.15, -0.1) is 0 Å². The Balaban J connectivity index is 1.92. The third-order valence-corrected chi connectivity index (χ3v) is 2.70. The van der Waals surface area contributed by atoms with Gasteiger partial charge < -0.3 is 5.32 Å². The zero-order valence-corrected chi connectivity index (χ0v) is 10.7. The van der Waals surface area contributed by atoms with Crippen LogP contribution in [-0.4, -0.2) is 9.91 Å². The summed E-state index contributed by atoms with van der Waals surface area (Å²) in [5.41, 5.74) is 2.95. The highest BCUT2D eigenvalue weighted by Crippen LogP contribution is 2.12. The molecule has 1 N–H and O–H groups in total. The molecule has 0 atom stereocenters. The molecule has 1 heterocycles. The molecule has 98 valence electrons. The molecule has 5 nitrogen and oxygen atoms in total. The van der Waals surface area contributed by atoms with Gasteiger partial charge in [0.1, 0.15) is 0 Å². The second-order valence-electron chi connectivity index (χ2n) is 4.30. The molecule has 0 amide bonds. The standard InChI is InChI=1S/C14H15N3O2/c1-11-4-2-6-13(16-11)10-15-9-12-5-3-7-14(8-12)17(18)19/h2-8,15H,9-10H2,1H3. The van der Waals surface area contributed by atoms with Crippen molar-refractivity contribution in [2.24, 2.45) is 0 Å². The van der Waals surface area contributed by atoms with Crippen LogP contribution in [0.2, 0.25) is 0 Å². The van der Waals surface area contributed by atoms with Gasteiger partial charge in [-0.2, -0.15) is 0 Å². The van der Waals surface area contributed by atoms with Gasteiger partial charge in [0.25, 0.3) is 5.69 Å². The van der Waals surface area contributed by atoms with Crippen molar-refractivity contribution in [3.05, 3.63) is 69.5 Å². The SMILES string of the molecule is Cc1cccc(CNCc2cccc([N+](=O)[O-])c2)n1. The first-order valence-electron chi connectivity index (χ1n) is 6.02. The summed E-state index contributed by atoms with van der Waals surface area (Å²) in [6.45, 7) is 3.17. The summed E-state index contributed by atoms with van der Waals surface area (Å²) in [5, 5.41) is 13.9. The highest BCUT2D eigenvalue weighted by atomic mass is 16.6. The van der Waals surface area contributed by atoms with Crippen molar-refractivity contribution in [3.63, 3.8) is 0 Å². The second kappa shape index (κ2) is 6.06. The van der Waals surface area contributed by atoms with E-state index in [0.29, 0.717) is 13.1 Å². The quantitative estimate of drug-likeness (QED) is 0.660. The van der Waals surface area contributed by atoms with E-state index in [-0.39, 0.29) is 10.6 Å². The molecular formula is C14H15N3O2. The fourth-order valence-electron chi connectivity index (χ4n) is 1.81. The number of nitrogens with zero attached hydrogens (tertiary/aromatic N) is 2. The van der Waals surface area contributed by atoms with Crippen LogP contribution in [0.3, 0.4) is 0 Å². The van der Waals surface area contributed by atoms with E-state index >= 15 is 0 Å². The Kier molecular flexibility index (Phi) is 4.20. The van der Waals surface area contributed by atoms with E-state index in [1.807, 2.05) is 31.2 Å². The normalized spacial score (nSPS) is 10.4. The van der Waals surface area contributed by atoms with Crippen LogP contribution in [0, 0.1) is 17.0 Å². The fourth-order valence-corrected chi connectivity index (χ4v) is 1.81. The molecular weight excluding hydrogens is 242 g/mol. The van der Waals surface area contributed by atoms with Gasteiger partial charge in [-0.3, -0.25) is 15.1 Å². The fraction of sp³-hybridized carbons (Fsp3) is 0.214. The predicted octanol–water partition coefficient (Wildman–Crippen LogP) is 2.59. The number of hydrogen-bond donors (Lipinski definition) is 1. The van der Waals surface area contributed by atoms with Crippen molar-refractivity contribution in [2.45, 2.75) is 20.0 Å². The van der Waals surface area contributed by atoms with Gasteiger partial charge in [0.2, 0.25) is 0 Å². The van der Waals surface area contributed by atoms with Gasteiger partial charge in [-0.25, -0.2) is 0 Å². The summed E-state index contributed by atoms with van der Waals surface area (Å²) in [7, 11) is 0. The molecule has 0 radical (unpaired) electrons. The van der Waals surface area contributed by atoms with Gasteiger partial charge in [0, 0.05) is 30.9 Å². The van der Waals surface area contributed by atoms with Gasteiger partial charge in [0.15, 0.2) is 0 Å². The summed E-state index contributed by atoms with van der Waals surface area (Å²) in [5.74, 6) is 0. The summed E-state index contributed by atoms with van der Waals surface area (Å²) in [6.07, 6.45) is 0. The maximum atomic E-state index is 10.7. The van der Waals surface area contributed by atoms with Crippen LogP contribution < -0.4 is 5.32 Å². The molecule has 0 bridgehead atoms. The largest absolute Gasteiger partial charge is 0.307 e. The van der Waals surface area contributed by atoms with E-state index in [4.69, 9.17) is 0 Å². The minimum absolute atomic E-state index is 0.119. The van der Waals surface area contributed by atoms with Crippen molar-refractivity contribution < 1.29 is 4.92 Å². The van der Waals surface area contributed by atoms with Crippen LogP contribution in [0.15, 0.2) is 42.5 Å². The Morgan fingerprint density at radius 2 is 2.00 bits per heavy atom. The maximum Gasteiger partial charge on any atom is 0.269 e. The molecule has 1 aromatic heterocycles. The van der Waals surface area contributed by atoms with Crippen LogP contribution in [-0.2, 0) is 13.1 Å². The molecule has 2 rings (SSSR count). The molecule has 0 unspecified atom stereocenters. The smallest absolute Gasteiger partial charge is 0.269 e. The summed E-state index contributed by atoms with van der Waals surface area (Å²) >= 11 is 0. The molecule has 0 spiro atoms. The lowest BCUT2D eigenvalue weighted by Gasteiger charge is -2.05. The Bertz CT molecular complexity index is 584. The molecule has 5 heteroatoms. The lowest BCUT2D eigenvalue weighted by atomic mass is 10.2. The molecule has 0 saturated carbocycles. The maximum absolute atomic E-state index is 10.7. The highest BCUT2D eigenvalue weighted by molar-refractivity contribution is 5.34. The zero-order chi connectivity index (χ0) is 13.7. The molecule has 19 heavy (non-hydrogen) atoms. The number of benzene rings is 1. The molecule has 2 aromatic rings. The molecule has 0 aliphatic rings. The minimum atomic E-state index is -0.383. The number of aryl methyl sites for hydroxylation is 1. The molecule has 0 aliphatic carbocycles. The molecule has 0 saturated heterocycles. The molecule has 0 fully saturated rings. The van der Waals surface area contributed by atoms with Crippen LogP contribution >= 0.6 is 0 Å². The van der Waals surface area contributed by atoms with Crippen molar-refractivity contribution in [1.82, 2.24) is 10.3 Å². The Hall–Kier alpha value is -2.27. The minimum Gasteiger partial charge on any atom is -0.307 e. The van der Waals surface area contributed by atoms with Crippen LogP contribution in [0.1, 0.15) is 17.0 Å². The van der Waals surface area contributed by atoms with E-state index in [0.717, 1.165) is 17.0 Å². The van der Waals surface area contributed by atoms with Crippen molar-refractivity contribution in [2.75, 3.05) is 0 Å². The van der Waals surface area contributed by atoms with E-state index in [9.17, 15) is 10.1 Å². The van der Waals surface area contributed by atoms with E-state index in [2.05, 4.69) is 10.3 Å². The average Bonchev–Trinajstić information content (AvgIpc) is 2.39. The number of aromatic nitrogens is 1. The topological polar surface area (TPSA) is 68.1 Å². The predicted molar refractivity (Wildman–Crippen MR) is 72.6 cm³/mol. The van der Waals surface area contributed by atoms with Gasteiger partial charge in [-0.1, -0.05) is 18.2 Å². The molecule has 1 aromatic carbocycles. The van der Waals surface area contributed by atoms with Crippen molar-refractivity contribution >= 4 is 5.69 Å². The van der Waals surface area contributed by atoms with E-state index < -0.39 is 0 Å². The monoisotopic (exact) mass is 257 g/mol. The second-order valence-corrected chi connectivity index (χ2v) is 4.30. The number of pyridine rings is 1. The van der Waals surface area contributed by atoms with E-state index in [1.165, 1.54) is 6.07 Å². The van der Waals surface area contributed by atoms with Gasteiger partial charge in [0.05, 0.1) is 10.6 Å². The highest BCUT2D eigenvalue weighted by Gasteiger charge is 2.05.